The number of hydrogen-bond donors (Lipinski definition) is 3. The molecule has 1 heterocycles. The van der Waals surface area contributed by atoms with Gasteiger partial charge in [-0.05, 0) is 71.5 Å². The lowest BCUT2D eigenvalue weighted by Crippen LogP contribution is -2.58. The average Bonchev–Trinajstić information content (AvgIpc) is 3.28. The lowest BCUT2D eigenvalue weighted by Gasteiger charge is -2.39. The van der Waals surface area contributed by atoms with Crippen molar-refractivity contribution in [2.45, 2.75) is 59.3 Å². The predicted molar refractivity (Wildman–Crippen MR) is 145 cm³/mol. The van der Waals surface area contributed by atoms with Crippen molar-refractivity contribution in [2.24, 2.45) is 12.5 Å². The summed E-state index contributed by atoms with van der Waals surface area (Å²) in [7, 11) is 1.74. The van der Waals surface area contributed by atoms with Gasteiger partial charge in [0, 0.05) is 0 Å². The number of thiocarbonyl (C=S) groups is 1. The highest BCUT2D eigenvalue weighted by molar-refractivity contribution is 7.80. The molecule has 11 heteroatoms. The number of aromatic amines is 1. The van der Waals surface area contributed by atoms with E-state index in [1.54, 1.807) is 20.9 Å². The van der Waals surface area contributed by atoms with Crippen molar-refractivity contribution in [2.75, 3.05) is 0 Å². The van der Waals surface area contributed by atoms with Gasteiger partial charge in [0.05, 0.1) is 16.8 Å². The van der Waals surface area contributed by atoms with E-state index in [-0.39, 0.29) is 23.2 Å². The summed E-state index contributed by atoms with van der Waals surface area (Å²) in [5, 5.41) is 16.8. The third-order valence-electron chi connectivity index (χ3n) is 5.42. The van der Waals surface area contributed by atoms with Crippen LogP contribution in [0.2, 0.25) is 0 Å². The molecule has 1 aromatic heterocycles. The zero-order valence-electron chi connectivity index (χ0n) is 22.6. The first-order valence-corrected chi connectivity index (χ1v) is 12.7. The molecule has 0 bridgehead atoms. The van der Waals surface area contributed by atoms with Gasteiger partial charge < -0.3 is 14.8 Å². The van der Waals surface area contributed by atoms with E-state index in [1.807, 2.05) is 75.4 Å². The van der Waals surface area contributed by atoms with Gasteiger partial charge in [-0.2, -0.15) is 0 Å². The second-order valence-electron chi connectivity index (χ2n) is 10.5. The summed E-state index contributed by atoms with van der Waals surface area (Å²) < 4.78 is 11.0. The Hall–Kier alpha value is -3.86. The van der Waals surface area contributed by atoms with E-state index in [9.17, 15) is 9.59 Å². The minimum absolute atomic E-state index is 0.0573. The maximum absolute atomic E-state index is 13.7. The number of esters is 1. The number of nitrogens with one attached hydrogen (secondary N) is 3. The van der Waals surface area contributed by atoms with Gasteiger partial charge in [0.25, 0.3) is 0 Å². The number of carbonyl (C=O) groups is 2. The number of aromatic nitrogens is 4. The molecule has 202 valence electrons. The van der Waals surface area contributed by atoms with E-state index in [0.717, 1.165) is 11.1 Å². The van der Waals surface area contributed by atoms with Crippen LogP contribution >= 0.6 is 12.2 Å². The number of hydrogen-bond acceptors (Lipinski definition) is 7. The number of benzene rings is 2. The lowest BCUT2D eigenvalue weighted by molar-refractivity contribution is -0.783. The summed E-state index contributed by atoms with van der Waals surface area (Å²) in [6, 6.07) is 16.6. The van der Waals surface area contributed by atoms with Gasteiger partial charge in [0.1, 0.15) is 13.7 Å². The quantitative estimate of drug-likeness (QED) is 0.225. The molecule has 0 saturated carbocycles. The number of rotatable bonds is 8. The van der Waals surface area contributed by atoms with E-state index in [2.05, 4.69) is 26.0 Å². The van der Waals surface area contributed by atoms with Crippen LogP contribution in [-0.2, 0) is 33.5 Å². The van der Waals surface area contributed by atoms with Crippen molar-refractivity contribution in [1.82, 2.24) is 26.0 Å². The monoisotopic (exact) mass is 539 g/mol. The molecule has 2 aromatic carbocycles. The first-order valence-electron chi connectivity index (χ1n) is 12.3. The van der Waals surface area contributed by atoms with Gasteiger partial charge in [0.15, 0.2) is 10.7 Å². The summed E-state index contributed by atoms with van der Waals surface area (Å²) in [4.78, 5) is 27.7. The van der Waals surface area contributed by atoms with Crippen LogP contribution in [0, 0.1) is 5.41 Å². The van der Waals surface area contributed by atoms with Crippen LogP contribution in [0.4, 0.5) is 4.79 Å². The van der Waals surface area contributed by atoms with Gasteiger partial charge in [0.2, 0.25) is 0 Å². The van der Waals surface area contributed by atoms with Gasteiger partial charge >= 0.3 is 17.9 Å². The maximum atomic E-state index is 13.7. The molecule has 0 unspecified atom stereocenters. The fraction of sp³-hybridized carbons (Fsp3) is 0.407. The number of alkyl carbamates (subject to hydrolysis) is 1. The second kappa shape index (κ2) is 12.1. The molecule has 3 rings (SSSR count). The van der Waals surface area contributed by atoms with E-state index >= 15 is 0 Å². The van der Waals surface area contributed by atoms with Crippen LogP contribution in [0.15, 0.2) is 54.6 Å². The fourth-order valence-electron chi connectivity index (χ4n) is 3.98. The zero-order valence-corrected chi connectivity index (χ0v) is 23.4. The summed E-state index contributed by atoms with van der Waals surface area (Å²) in [5.41, 5.74) is 0.488. The SMILES string of the molecule is CC(C)OC(=O)[C@](CC(C)(C)C)(NC(=S)NC(=O)OCc1ccccc1)c1ccc(-c2n[nH][n+](C)n2)cc1. The van der Waals surface area contributed by atoms with Crippen LogP contribution in [0.25, 0.3) is 11.4 Å². The van der Waals surface area contributed by atoms with Crippen molar-refractivity contribution in [1.29, 1.82) is 0 Å². The summed E-state index contributed by atoms with van der Waals surface area (Å²) in [6.45, 7) is 9.68. The molecule has 10 nitrogen and oxygen atoms in total. The largest absolute Gasteiger partial charge is 0.461 e. The van der Waals surface area contributed by atoms with Gasteiger partial charge in [-0.3, -0.25) is 5.32 Å². The first-order chi connectivity index (χ1) is 17.9. The third-order valence-corrected chi connectivity index (χ3v) is 5.63. The molecular formula is C27H35N6O4S+. The highest BCUT2D eigenvalue weighted by Crippen LogP contribution is 2.37. The number of H-pyrrole nitrogens is 1. The van der Waals surface area contributed by atoms with Crippen molar-refractivity contribution in [3.8, 4) is 11.4 Å². The summed E-state index contributed by atoms with van der Waals surface area (Å²) >= 11 is 5.48. The Morgan fingerprint density at radius 3 is 2.29 bits per heavy atom. The van der Waals surface area contributed by atoms with E-state index < -0.39 is 17.6 Å². The molecule has 3 N–H and O–H groups in total. The zero-order chi connectivity index (χ0) is 27.9. The molecule has 0 aliphatic rings. The smallest absolute Gasteiger partial charge is 0.413 e. The number of tetrazole rings is 1. The van der Waals surface area contributed by atoms with Gasteiger partial charge in [-0.1, -0.05) is 68.0 Å². The normalized spacial score (nSPS) is 12.9. The topological polar surface area (TPSA) is 122 Å². The molecule has 0 aliphatic carbocycles. The molecule has 0 radical (unpaired) electrons. The molecule has 0 spiro atoms. The van der Waals surface area contributed by atoms with Gasteiger partial charge in [-0.25, -0.2) is 9.59 Å². The lowest BCUT2D eigenvalue weighted by atomic mass is 9.75. The summed E-state index contributed by atoms with van der Waals surface area (Å²) in [5.74, 6) is -0.00203. The molecule has 3 aromatic rings. The Kier molecular flexibility index (Phi) is 9.16. The molecule has 0 fully saturated rings. The number of aryl methyl sites for hydroxylation is 1. The number of nitrogens with zero attached hydrogens (tertiary/aromatic N) is 3. The highest BCUT2D eigenvalue weighted by atomic mass is 32.1. The van der Waals surface area contributed by atoms with Crippen molar-refractivity contribution < 1.29 is 23.9 Å². The summed E-state index contributed by atoms with van der Waals surface area (Å²) in [6.07, 6.45) is -0.781. The number of carbonyl (C=O) groups excluding carboxylic acids is 2. The Balaban J connectivity index is 1.90. The molecule has 0 saturated heterocycles. The van der Waals surface area contributed by atoms with Crippen LogP contribution in [0.5, 0.6) is 0 Å². The van der Waals surface area contributed by atoms with E-state index in [1.165, 1.54) is 4.80 Å². The fourth-order valence-corrected chi connectivity index (χ4v) is 4.24. The Labute approximate surface area is 228 Å². The van der Waals surface area contributed by atoms with Crippen LogP contribution in [-0.4, -0.2) is 38.7 Å². The van der Waals surface area contributed by atoms with Crippen molar-refractivity contribution in [3.63, 3.8) is 0 Å². The molecular weight excluding hydrogens is 504 g/mol. The minimum atomic E-state index is -1.39. The molecule has 1 atom stereocenters. The van der Waals surface area contributed by atoms with Crippen LogP contribution < -0.4 is 15.4 Å². The molecule has 1 amide bonds. The number of amides is 1. The highest BCUT2D eigenvalue weighted by Gasteiger charge is 2.46. The Morgan fingerprint density at radius 2 is 1.74 bits per heavy atom. The van der Waals surface area contributed by atoms with E-state index in [0.29, 0.717) is 17.8 Å². The first kappa shape index (κ1) is 28.7. The average molecular weight is 540 g/mol. The minimum Gasteiger partial charge on any atom is -0.461 e. The predicted octanol–water partition coefficient (Wildman–Crippen LogP) is 3.68. The maximum Gasteiger partial charge on any atom is 0.413 e. The van der Waals surface area contributed by atoms with Crippen LogP contribution in [0.3, 0.4) is 0 Å². The Morgan fingerprint density at radius 1 is 1.08 bits per heavy atom. The Bertz CT molecular complexity index is 1250. The molecule has 0 aliphatic heterocycles. The van der Waals surface area contributed by atoms with E-state index in [4.69, 9.17) is 21.7 Å². The van der Waals surface area contributed by atoms with Crippen molar-refractivity contribution in [3.05, 3.63) is 65.7 Å². The van der Waals surface area contributed by atoms with Gasteiger partial charge in [-0.15, -0.1) is 0 Å². The number of ether oxygens (including phenoxy) is 2. The van der Waals surface area contributed by atoms with Crippen molar-refractivity contribution >= 4 is 29.4 Å². The standard InChI is InChI=1S/C27H34N6O4S/c1-18(2)37-23(34)27(17-26(3,4)5,21-14-12-20(13-15-21)22-30-32-33(6)31-22)29-24(38)28-25(35)36-16-19-10-8-7-9-11-19/h7-15,18H,16-17H2,1-6H3,(H2,28,29,35,38)/p+1/t27-/m1/s1. The van der Waals surface area contributed by atoms with Crippen LogP contribution in [0.1, 0.15) is 52.2 Å². The third kappa shape index (κ3) is 7.82. The molecule has 38 heavy (non-hydrogen) atoms. The second-order valence-corrected chi connectivity index (χ2v) is 10.9.